The van der Waals surface area contributed by atoms with Crippen LogP contribution >= 0.6 is 0 Å². The van der Waals surface area contributed by atoms with Crippen LogP contribution in [0.25, 0.3) is 0 Å². The zero-order valence-electron chi connectivity index (χ0n) is 20.7. The Morgan fingerprint density at radius 3 is 2.00 bits per heavy atom. The largest absolute Gasteiger partial charge is 0.448 e. The van der Waals surface area contributed by atoms with Crippen LogP contribution < -0.4 is 5.32 Å². The van der Waals surface area contributed by atoms with Crippen molar-refractivity contribution in [1.29, 1.82) is 0 Å². The van der Waals surface area contributed by atoms with Gasteiger partial charge in [0.15, 0.2) is 6.10 Å². The van der Waals surface area contributed by atoms with E-state index in [1.54, 1.807) is 88.4 Å². The van der Waals surface area contributed by atoms with Crippen LogP contribution in [0.2, 0.25) is 0 Å². The SMILES string of the molecule is Cc1ccc([C@@H](NC(=O)OC(C)(C)C)[C@H](OC(=O)c2ccccc2C)C(=O)c2ccccc2)cc1. The predicted molar refractivity (Wildman–Crippen MR) is 134 cm³/mol. The zero-order chi connectivity index (χ0) is 25.6. The number of aryl methyl sites for hydroxylation is 2. The van der Waals surface area contributed by atoms with E-state index in [0.717, 1.165) is 11.1 Å². The Bertz CT molecular complexity index is 1180. The molecule has 0 aliphatic heterocycles. The van der Waals surface area contributed by atoms with Crippen molar-refractivity contribution in [2.45, 2.75) is 52.4 Å². The summed E-state index contributed by atoms with van der Waals surface area (Å²) in [5.74, 6) is -1.09. The minimum Gasteiger partial charge on any atom is -0.448 e. The van der Waals surface area contributed by atoms with Crippen molar-refractivity contribution in [2.24, 2.45) is 0 Å². The highest BCUT2D eigenvalue weighted by Gasteiger charge is 2.36. The molecule has 0 aliphatic rings. The first-order valence-corrected chi connectivity index (χ1v) is 11.5. The molecule has 35 heavy (non-hydrogen) atoms. The van der Waals surface area contributed by atoms with Crippen LogP contribution in [0, 0.1) is 13.8 Å². The number of benzene rings is 3. The van der Waals surface area contributed by atoms with E-state index in [0.29, 0.717) is 16.7 Å². The molecule has 182 valence electrons. The summed E-state index contributed by atoms with van der Waals surface area (Å²) in [6, 6.07) is 21.9. The molecule has 2 atom stereocenters. The number of carbonyl (C=O) groups excluding carboxylic acids is 3. The standard InChI is InChI=1S/C29H31NO5/c1-19-15-17-21(18-16-19)24(30-28(33)35-29(3,4)5)26(25(31)22-12-7-6-8-13-22)34-27(32)23-14-10-9-11-20(23)2/h6-18,24,26H,1-5H3,(H,30,33)/t24-,26+/m1/s1. The van der Waals surface area contributed by atoms with Gasteiger partial charge in [-0.1, -0.05) is 78.4 Å². The van der Waals surface area contributed by atoms with Gasteiger partial charge in [-0.3, -0.25) is 4.79 Å². The number of ether oxygens (including phenoxy) is 2. The Kier molecular flexibility index (Phi) is 8.07. The number of hydrogen-bond acceptors (Lipinski definition) is 5. The summed E-state index contributed by atoms with van der Waals surface area (Å²) in [4.78, 5) is 39.7. The lowest BCUT2D eigenvalue weighted by atomic mass is 9.94. The summed E-state index contributed by atoms with van der Waals surface area (Å²) in [5.41, 5.74) is 2.28. The lowest BCUT2D eigenvalue weighted by Gasteiger charge is -2.29. The summed E-state index contributed by atoms with van der Waals surface area (Å²) in [6.07, 6.45) is -2.05. The average Bonchev–Trinajstić information content (AvgIpc) is 2.81. The molecule has 3 aromatic rings. The Hall–Kier alpha value is -3.93. The summed E-state index contributed by atoms with van der Waals surface area (Å²) >= 11 is 0. The van der Waals surface area contributed by atoms with Crippen LogP contribution in [0.1, 0.15) is 64.2 Å². The normalized spacial score (nSPS) is 12.8. The van der Waals surface area contributed by atoms with Crippen molar-refractivity contribution in [3.8, 4) is 0 Å². The fourth-order valence-electron chi connectivity index (χ4n) is 3.56. The van der Waals surface area contributed by atoms with E-state index in [9.17, 15) is 14.4 Å². The second-order valence-corrected chi connectivity index (χ2v) is 9.41. The smallest absolute Gasteiger partial charge is 0.408 e. The van der Waals surface area contributed by atoms with Crippen molar-refractivity contribution in [3.63, 3.8) is 0 Å². The van der Waals surface area contributed by atoms with Crippen LogP contribution in [0.3, 0.4) is 0 Å². The van der Waals surface area contributed by atoms with Crippen LogP contribution in [-0.4, -0.2) is 29.6 Å². The molecule has 1 amide bonds. The quantitative estimate of drug-likeness (QED) is 0.337. The van der Waals surface area contributed by atoms with Gasteiger partial charge < -0.3 is 14.8 Å². The van der Waals surface area contributed by atoms with E-state index in [1.165, 1.54) is 0 Å². The number of rotatable bonds is 7. The third kappa shape index (κ3) is 7.03. The number of nitrogens with one attached hydrogen (secondary N) is 1. The molecule has 0 spiro atoms. The van der Waals surface area contributed by atoms with Gasteiger partial charge in [0.1, 0.15) is 11.6 Å². The van der Waals surface area contributed by atoms with Gasteiger partial charge in [0, 0.05) is 5.56 Å². The number of alkyl carbamates (subject to hydrolysis) is 1. The number of amides is 1. The third-order valence-electron chi connectivity index (χ3n) is 5.33. The first kappa shape index (κ1) is 25.7. The first-order valence-electron chi connectivity index (χ1n) is 11.5. The topological polar surface area (TPSA) is 81.7 Å². The van der Waals surface area contributed by atoms with Crippen LogP contribution in [-0.2, 0) is 9.47 Å². The van der Waals surface area contributed by atoms with Crippen molar-refractivity contribution < 1.29 is 23.9 Å². The maximum atomic E-state index is 13.7. The van der Waals surface area contributed by atoms with Crippen molar-refractivity contribution in [2.75, 3.05) is 0 Å². The lowest BCUT2D eigenvalue weighted by Crippen LogP contribution is -2.44. The fraction of sp³-hybridized carbons (Fsp3) is 0.276. The minimum absolute atomic E-state index is 0.346. The molecule has 0 heterocycles. The molecule has 0 aliphatic carbocycles. The number of hydrogen-bond donors (Lipinski definition) is 1. The monoisotopic (exact) mass is 473 g/mol. The summed E-state index contributed by atoms with van der Waals surface area (Å²) < 4.78 is 11.3. The van der Waals surface area contributed by atoms with Gasteiger partial charge in [0.25, 0.3) is 0 Å². The molecule has 0 unspecified atom stereocenters. The fourth-order valence-corrected chi connectivity index (χ4v) is 3.56. The highest BCUT2D eigenvalue weighted by atomic mass is 16.6. The molecule has 0 fully saturated rings. The Morgan fingerprint density at radius 2 is 1.40 bits per heavy atom. The molecule has 0 aromatic heterocycles. The second-order valence-electron chi connectivity index (χ2n) is 9.41. The number of ketones is 1. The Labute approximate surface area is 206 Å². The van der Waals surface area contributed by atoms with Crippen molar-refractivity contribution in [3.05, 3.63) is 107 Å². The number of esters is 1. The minimum atomic E-state index is -1.33. The van der Waals surface area contributed by atoms with E-state index in [2.05, 4.69) is 5.32 Å². The molecule has 1 N–H and O–H groups in total. The molecular weight excluding hydrogens is 442 g/mol. The molecule has 0 saturated carbocycles. The van der Waals surface area contributed by atoms with Gasteiger partial charge in [-0.25, -0.2) is 9.59 Å². The molecule has 6 heteroatoms. The van der Waals surface area contributed by atoms with Gasteiger partial charge in [0.05, 0.1) is 5.56 Å². The van der Waals surface area contributed by atoms with Crippen LogP contribution in [0.5, 0.6) is 0 Å². The van der Waals surface area contributed by atoms with E-state index >= 15 is 0 Å². The Morgan fingerprint density at radius 1 is 0.800 bits per heavy atom. The molecule has 0 bridgehead atoms. The van der Waals surface area contributed by atoms with E-state index in [1.807, 2.05) is 25.1 Å². The summed E-state index contributed by atoms with van der Waals surface area (Å²) in [5, 5.41) is 2.77. The second kappa shape index (κ2) is 11.0. The van der Waals surface area contributed by atoms with Gasteiger partial charge in [0.2, 0.25) is 5.78 Å². The number of carbonyl (C=O) groups is 3. The van der Waals surface area contributed by atoms with Crippen LogP contribution in [0.15, 0.2) is 78.9 Å². The maximum absolute atomic E-state index is 13.7. The first-order chi connectivity index (χ1) is 16.5. The van der Waals surface area contributed by atoms with Crippen LogP contribution in [0.4, 0.5) is 4.79 Å². The van der Waals surface area contributed by atoms with Crippen molar-refractivity contribution in [1.82, 2.24) is 5.32 Å². The average molecular weight is 474 g/mol. The van der Waals surface area contributed by atoms with Gasteiger partial charge in [-0.15, -0.1) is 0 Å². The molecular formula is C29H31NO5. The highest BCUT2D eigenvalue weighted by Crippen LogP contribution is 2.26. The summed E-state index contributed by atoms with van der Waals surface area (Å²) in [6.45, 7) is 8.97. The molecule has 0 saturated heterocycles. The highest BCUT2D eigenvalue weighted by molar-refractivity contribution is 6.02. The van der Waals surface area contributed by atoms with Gasteiger partial charge in [-0.05, 0) is 51.8 Å². The maximum Gasteiger partial charge on any atom is 0.408 e. The molecule has 3 rings (SSSR count). The molecule has 0 radical (unpaired) electrons. The van der Waals surface area contributed by atoms with Gasteiger partial charge >= 0.3 is 12.1 Å². The lowest BCUT2D eigenvalue weighted by molar-refractivity contribution is 0.0149. The van der Waals surface area contributed by atoms with E-state index in [4.69, 9.17) is 9.47 Å². The van der Waals surface area contributed by atoms with E-state index in [-0.39, 0.29) is 0 Å². The Balaban J connectivity index is 2.06. The molecule has 6 nitrogen and oxygen atoms in total. The molecule has 3 aromatic carbocycles. The van der Waals surface area contributed by atoms with E-state index < -0.39 is 35.6 Å². The summed E-state index contributed by atoms with van der Waals surface area (Å²) in [7, 11) is 0. The number of Topliss-reactive ketones (excluding diaryl/α,β-unsaturated/α-hetero) is 1. The predicted octanol–water partition coefficient (Wildman–Crippen LogP) is 5.98. The van der Waals surface area contributed by atoms with Gasteiger partial charge in [-0.2, -0.15) is 0 Å². The third-order valence-corrected chi connectivity index (χ3v) is 5.33. The van der Waals surface area contributed by atoms with Crippen molar-refractivity contribution >= 4 is 17.8 Å². The zero-order valence-corrected chi connectivity index (χ0v) is 20.7.